The Morgan fingerprint density at radius 1 is 0.889 bits per heavy atom. The molecule has 0 saturated heterocycles. The number of rotatable bonds is 6. The maximum Gasteiger partial charge on any atom is 0.246 e. The molecule has 0 heterocycles. The van der Waals surface area contributed by atoms with Crippen molar-refractivity contribution in [1.29, 1.82) is 5.26 Å². The van der Waals surface area contributed by atoms with E-state index in [0.717, 1.165) is 17.2 Å². The molecule has 3 aromatic carbocycles. The van der Waals surface area contributed by atoms with E-state index < -0.39 is 6.04 Å². The molecule has 0 radical (unpaired) electrons. The van der Waals surface area contributed by atoms with Crippen LogP contribution in [0.2, 0.25) is 0 Å². The highest BCUT2D eigenvalue weighted by Gasteiger charge is 2.13. The number of ether oxygens (including phenoxy) is 1. The van der Waals surface area contributed by atoms with Crippen molar-refractivity contribution in [3.8, 4) is 17.6 Å². The van der Waals surface area contributed by atoms with Gasteiger partial charge in [-0.2, -0.15) is 5.26 Å². The summed E-state index contributed by atoms with van der Waals surface area (Å²) >= 11 is 0. The standard InChI is InChI=1S/C22H19N3O2/c1-16(22(26)25-19-9-7-17(15-23)8-10-19)24-18-11-13-21(14-12-18)27-20-5-3-2-4-6-20/h2-14,16,24H,1H3,(H,25,26)/t16-/m0/s1. The summed E-state index contributed by atoms with van der Waals surface area (Å²) in [5, 5.41) is 14.8. The second kappa shape index (κ2) is 8.54. The van der Waals surface area contributed by atoms with E-state index in [4.69, 9.17) is 10.00 Å². The van der Waals surface area contributed by atoms with Crippen LogP contribution in [0.3, 0.4) is 0 Å². The van der Waals surface area contributed by atoms with Gasteiger partial charge in [0.2, 0.25) is 5.91 Å². The second-order valence-electron chi connectivity index (χ2n) is 5.98. The number of amides is 1. The zero-order valence-corrected chi connectivity index (χ0v) is 14.8. The highest BCUT2D eigenvalue weighted by atomic mass is 16.5. The lowest BCUT2D eigenvalue weighted by atomic mass is 10.2. The smallest absolute Gasteiger partial charge is 0.246 e. The first kappa shape index (κ1) is 18.0. The molecule has 0 spiro atoms. The van der Waals surface area contributed by atoms with Crippen LogP contribution >= 0.6 is 0 Å². The Morgan fingerprint density at radius 3 is 2.11 bits per heavy atom. The number of hydrogen-bond donors (Lipinski definition) is 2. The summed E-state index contributed by atoms with van der Waals surface area (Å²) in [6.07, 6.45) is 0. The van der Waals surface area contributed by atoms with E-state index in [1.54, 1.807) is 31.2 Å². The molecule has 0 aliphatic heterocycles. The highest BCUT2D eigenvalue weighted by molar-refractivity contribution is 5.96. The first-order valence-electron chi connectivity index (χ1n) is 8.54. The molecule has 0 fully saturated rings. The average molecular weight is 357 g/mol. The van der Waals surface area contributed by atoms with Crippen LogP contribution in [0, 0.1) is 11.3 Å². The summed E-state index contributed by atoms with van der Waals surface area (Å²) < 4.78 is 5.75. The van der Waals surface area contributed by atoms with E-state index in [2.05, 4.69) is 10.6 Å². The van der Waals surface area contributed by atoms with Crippen molar-refractivity contribution in [1.82, 2.24) is 0 Å². The van der Waals surface area contributed by atoms with Crippen LogP contribution in [-0.4, -0.2) is 11.9 Å². The Labute approximate surface area is 158 Å². The van der Waals surface area contributed by atoms with E-state index in [9.17, 15) is 4.79 Å². The third kappa shape index (κ3) is 5.10. The van der Waals surface area contributed by atoms with E-state index >= 15 is 0 Å². The summed E-state index contributed by atoms with van der Waals surface area (Å²) in [5.41, 5.74) is 2.02. The van der Waals surface area contributed by atoms with Crippen molar-refractivity contribution >= 4 is 17.3 Å². The van der Waals surface area contributed by atoms with Gasteiger partial charge in [-0.15, -0.1) is 0 Å². The van der Waals surface area contributed by atoms with Crippen molar-refractivity contribution in [2.45, 2.75) is 13.0 Å². The molecular weight excluding hydrogens is 338 g/mol. The van der Waals surface area contributed by atoms with E-state index in [-0.39, 0.29) is 5.91 Å². The Morgan fingerprint density at radius 2 is 1.48 bits per heavy atom. The molecule has 5 nitrogen and oxygen atoms in total. The molecule has 2 N–H and O–H groups in total. The van der Waals surface area contributed by atoms with Gasteiger partial charge in [0.05, 0.1) is 11.6 Å². The normalized spacial score (nSPS) is 11.1. The summed E-state index contributed by atoms with van der Waals surface area (Å²) in [4.78, 5) is 12.3. The zero-order valence-electron chi connectivity index (χ0n) is 14.8. The van der Waals surface area contributed by atoms with Gasteiger partial charge in [-0.3, -0.25) is 4.79 Å². The van der Waals surface area contributed by atoms with Crippen molar-refractivity contribution < 1.29 is 9.53 Å². The fraction of sp³-hybridized carbons (Fsp3) is 0.0909. The van der Waals surface area contributed by atoms with Gasteiger partial charge < -0.3 is 15.4 Å². The average Bonchev–Trinajstić information content (AvgIpc) is 2.71. The summed E-state index contributed by atoms with van der Waals surface area (Å²) in [6.45, 7) is 1.79. The molecule has 5 heteroatoms. The van der Waals surface area contributed by atoms with Crippen LogP contribution in [0.25, 0.3) is 0 Å². The van der Waals surface area contributed by atoms with Crippen LogP contribution in [0.1, 0.15) is 12.5 Å². The minimum atomic E-state index is -0.429. The molecule has 1 amide bonds. The Balaban J connectivity index is 1.55. The zero-order chi connectivity index (χ0) is 19.1. The fourth-order valence-corrected chi connectivity index (χ4v) is 2.44. The predicted molar refractivity (Wildman–Crippen MR) is 106 cm³/mol. The molecule has 3 aromatic rings. The number of nitrogens with one attached hydrogen (secondary N) is 2. The summed E-state index contributed by atoms with van der Waals surface area (Å²) in [6, 6.07) is 25.3. The number of anilines is 2. The van der Waals surface area contributed by atoms with Gasteiger partial charge in [0.25, 0.3) is 0 Å². The maximum atomic E-state index is 12.3. The lowest BCUT2D eigenvalue weighted by Gasteiger charge is -2.16. The SMILES string of the molecule is C[C@H](Nc1ccc(Oc2ccccc2)cc1)C(=O)Nc1ccc(C#N)cc1. The Bertz CT molecular complexity index is 930. The quantitative estimate of drug-likeness (QED) is 0.665. The first-order chi connectivity index (χ1) is 13.1. The van der Waals surface area contributed by atoms with Crippen LogP contribution in [0.5, 0.6) is 11.5 Å². The summed E-state index contributed by atoms with van der Waals surface area (Å²) in [7, 11) is 0. The molecule has 134 valence electrons. The van der Waals surface area contributed by atoms with Crippen LogP contribution in [0.15, 0.2) is 78.9 Å². The predicted octanol–water partition coefficient (Wildman–Crippen LogP) is 4.79. The van der Waals surface area contributed by atoms with Gasteiger partial charge in [0, 0.05) is 11.4 Å². The molecule has 27 heavy (non-hydrogen) atoms. The molecule has 0 unspecified atom stereocenters. The minimum Gasteiger partial charge on any atom is -0.457 e. The van der Waals surface area contributed by atoms with Gasteiger partial charge in [-0.05, 0) is 67.6 Å². The largest absolute Gasteiger partial charge is 0.457 e. The van der Waals surface area contributed by atoms with Gasteiger partial charge >= 0.3 is 0 Å². The molecule has 0 bridgehead atoms. The molecule has 0 aliphatic carbocycles. The van der Waals surface area contributed by atoms with Crippen LogP contribution < -0.4 is 15.4 Å². The van der Waals surface area contributed by atoms with Gasteiger partial charge in [0.1, 0.15) is 17.5 Å². The van der Waals surface area contributed by atoms with Gasteiger partial charge in [0.15, 0.2) is 0 Å². The number of carbonyl (C=O) groups is 1. The first-order valence-corrected chi connectivity index (χ1v) is 8.54. The van der Waals surface area contributed by atoms with Crippen molar-refractivity contribution in [2.75, 3.05) is 10.6 Å². The number of nitriles is 1. The lowest BCUT2D eigenvalue weighted by Crippen LogP contribution is -2.31. The number of para-hydroxylation sites is 1. The highest BCUT2D eigenvalue weighted by Crippen LogP contribution is 2.23. The maximum absolute atomic E-state index is 12.3. The lowest BCUT2D eigenvalue weighted by molar-refractivity contribution is -0.116. The van der Waals surface area contributed by atoms with Crippen LogP contribution in [-0.2, 0) is 4.79 Å². The molecular formula is C22H19N3O2. The van der Waals surface area contributed by atoms with Gasteiger partial charge in [-0.25, -0.2) is 0 Å². The molecule has 3 rings (SSSR count). The third-order valence-corrected chi connectivity index (χ3v) is 3.89. The molecule has 0 saturated carbocycles. The topological polar surface area (TPSA) is 74.2 Å². The van der Waals surface area contributed by atoms with Crippen molar-refractivity contribution in [3.63, 3.8) is 0 Å². The minimum absolute atomic E-state index is 0.163. The van der Waals surface area contributed by atoms with Crippen LogP contribution in [0.4, 0.5) is 11.4 Å². The van der Waals surface area contributed by atoms with Crippen molar-refractivity contribution in [2.24, 2.45) is 0 Å². The number of carbonyl (C=O) groups excluding carboxylic acids is 1. The van der Waals surface area contributed by atoms with E-state index in [0.29, 0.717) is 11.3 Å². The number of benzene rings is 3. The monoisotopic (exact) mass is 357 g/mol. The van der Waals surface area contributed by atoms with E-state index in [1.807, 2.05) is 60.7 Å². The molecule has 0 aromatic heterocycles. The third-order valence-electron chi connectivity index (χ3n) is 3.89. The number of nitrogens with zero attached hydrogens (tertiary/aromatic N) is 1. The fourth-order valence-electron chi connectivity index (χ4n) is 2.44. The van der Waals surface area contributed by atoms with Gasteiger partial charge in [-0.1, -0.05) is 18.2 Å². The number of hydrogen-bond acceptors (Lipinski definition) is 4. The van der Waals surface area contributed by atoms with Crippen molar-refractivity contribution in [3.05, 3.63) is 84.4 Å². The Kier molecular flexibility index (Phi) is 5.70. The molecule has 1 atom stereocenters. The Hall–Kier alpha value is -3.78. The van der Waals surface area contributed by atoms with E-state index in [1.165, 1.54) is 0 Å². The second-order valence-corrected chi connectivity index (χ2v) is 5.98. The molecule has 0 aliphatic rings. The summed E-state index contributed by atoms with van der Waals surface area (Å²) in [5.74, 6) is 1.33.